The second-order valence-electron chi connectivity index (χ2n) is 3.54. The van der Waals surface area contributed by atoms with Crippen molar-refractivity contribution in [2.24, 2.45) is 7.05 Å². The van der Waals surface area contributed by atoms with Crippen LogP contribution < -0.4 is 0 Å². The van der Waals surface area contributed by atoms with E-state index < -0.39 is 11.8 Å². The number of imidazole rings is 1. The molecule has 2 aromatic rings. The molecule has 17 heavy (non-hydrogen) atoms. The number of carboxylic acids is 1. The van der Waals surface area contributed by atoms with Crippen molar-refractivity contribution in [3.63, 3.8) is 0 Å². The highest BCUT2D eigenvalue weighted by Crippen LogP contribution is 2.13. The van der Waals surface area contributed by atoms with Crippen LogP contribution >= 0.6 is 0 Å². The van der Waals surface area contributed by atoms with Gasteiger partial charge in [0.2, 0.25) is 5.78 Å². The van der Waals surface area contributed by atoms with Crippen LogP contribution in [0.3, 0.4) is 0 Å². The monoisotopic (exact) mass is 230 g/mol. The molecule has 0 fully saturated rings. The number of ketones is 1. The highest BCUT2D eigenvalue weighted by Gasteiger charge is 2.19. The third-order valence-corrected chi connectivity index (χ3v) is 2.43. The van der Waals surface area contributed by atoms with Crippen molar-refractivity contribution in [1.82, 2.24) is 9.55 Å². The first-order valence-corrected chi connectivity index (χ1v) is 4.95. The first-order valence-electron chi connectivity index (χ1n) is 4.95. The lowest BCUT2D eigenvalue weighted by molar-refractivity contribution is 0.0692. The molecule has 2 rings (SSSR count). The minimum Gasteiger partial charge on any atom is -0.478 e. The molecule has 1 aromatic heterocycles. The van der Waals surface area contributed by atoms with Gasteiger partial charge in [-0.25, -0.2) is 9.78 Å². The van der Waals surface area contributed by atoms with Crippen LogP contribution in [-0.2, 0) is 7.05 Å². The lowest BCUT2D eigenvalue weighted by Crippen LogP contribution is -2.13. The quantitative estimate of drug-likeness (QED) is 0.808. The summed E-state index contributed by atoms with van der Waals surface area (Å²) in [6, 6.07) is 6.10. The number of carbonyl (C=O) groups is 2. The molecule has 0 aliphatic carbocycles. The number of carbonyl (C=O) groups excluding carboxylic acids is 1. The standard InChI is InChI=1S/C12H10N2O3/c1-14-7-6-13-11(14)10(15)8-4-2-3-5-9(8)12(16)17/h2-7H,1H3,(H,16,17). The molecule has 0 saturated heterocycles. The molecule has 0 radical (unpaired) electrons. The Hall–Kier alpha value is -2.43. The van der Waals surface area contributed by atoms with Crippen LogP contribution in [0, 0.1) is 0 Å². The molecule has 86 valence electrons. The number of hydrogen-bond acceptors (Lipinski definition) is 3. The van der Waals surface area contributed by atoms with Crippen molar-refractivity contribution < 1.29 is 14.7 Å². The second-order valence-corrected chi connectivity index (χ2v) is 3.54. The maximum atomic E-state index is 12.1. The summed E-state index contributed by atoms with van der Waals surface area (Å²) in [7, 11) is 1.68. The molecule has 0 amide bonds. The predicted molar refractivity (Wildman–Crippen MR) is 60.0 cm³/mol. The Bertz CT molecular complexity index is 587. The van der Waals surface area contributed by atoms with E-state index in [1.807, 2.05) is 0 Å². The Morgan fingerprint density at radius 2 is 1.88 bits per heavy atom. The number of nitrogens with zero attached hydrogens (tertiary/aromatic N) is 2. The molecule has 0 atom stereocenters. The van der Waals surface area contributed by atoms with Crippen LogP contribution in [0.1, 0.15) is 26.5 Å². The van der Waals surface area contributed by atoms with Gasteiger partial charge in [0.25, 0.3) is 0 Å². The zero-order valence-electron chi connectivity index (χ0n) is 9.12. The molecule has 0 aliphatic heterocycles. The summed E-state index contributed by atoms with van der Waals surface area (Å²) in [6.45, 7) is 0. The van der Waals surface area contributed by atoms with Crippen molar-refractivity contribution in [1.29, 1.82) is 0 Å². The van der Waals surface area contributed by atoms with Gasteiger partial charge in [-0.3, -0.25) is 4.79 Å². The Morgan fingerprint density at radius 3 is 2.41 bits per heavy atom. The van der Waals surface area contributed by atoms with Crippen LogP contribution in [0.5, 0.6) is 0 Å². The van der Waals surface area contributed by atoms with Gasteiger partial charge in [0.05, 0.1) is 5.56 Å². The normalized spacial score (nSPS) is 10.2. The van der Waals surface area contributed by atoms with Crippen LogP contribution in [0.2, 0.25) is 0 Å². The fourth-order valence-corrected chi connectivity index (χ4v) is 1.57. The molecule has 0 bridgehead atoms. The van der Waals surface area contributed by atoms with Crippen LogP contribution in [0.4, 0.5) is 0 Å². The number of benzene rings is 1. The van der Waals surface area contributed by atoms with E-state index in [1.54, 1.807) is 29.9 Å². The molecule has 1 heterocycles. The molecule has 0 spiro atoms. The molecule has 1 N–H and O–H groups in total. The summed E-state index contributed by atoms with van der Waals surface area (Å²) in [5.74, 6) is -1.29. The highest BCUT2D eigenvalue weighted by atomic mass is 16.4. The number of aryl methyl sites for hydroxylation is 1. The molecule has 5 heteroatoms. The van der Waals surface area contributed by atoms with Gasteiger partial charge in [0, 0.05) is 25.0 Å². The van der Waals surface area contributed by atoms with Gasteiger partial charge in [0.15, 0.2) is 5.82 Å². The summed E-state index contributed by atoms with van der Waals surface area (Å²) in [5.41, 5.74) is 0.134. The number of aromatic nitrogens is 2. The van der Waals surface area contributed by atoms with Gasteiger partial charge in [-0.15, -0.1) is 0 Å². The van der Waals surface area contributed by atoms with Crippen LogP contribution in [0.15, 0.2) is 36.7 Å². The molecule has 0 aliphatic rings. The summed E-state index contributed by atoms with van der Waals surface area (Å²) >= 11 is 0. The minimum atomic E-state index is -1.12. The number of rotatable bonds is 3. The lowest BCUT2D eigenvalue weighted by Gasteiger charge is -2.04. The van der Waals surface area contributed by atoms with Gasteiger partial charge in [-0.1, -0.05) is 18.2 Å². The average molecular weight is 230 g/mol. The van der Waals surface area contributed by atoms with E-state index in [1.165, 1.54) is 18.3 Å². The van der Waals surface area contributed by atoms with Gasteiger partial charge < -0.3 is 9.67 Å². The Labute approximate surface area is 97.3 Å². The second kappa shape index (κ2) is 4.21. The first-order chi connectivity index (χ1) is 8.11. The topological polar surface area (TPSA) is 72.2 Å². The molecule has 1 aromatic carbocycles. The Balaban J connectivity index is 2.52. The Morgan fingerprint density at radius 1 is 1.24 bits per heavy atom. The van der Waals surface area contributed by atoms with Crippen LogP contribution in [-0.4, -0.2) is 26.4 Å². The molecular formula is C12H10N2O3. The van der Waals surface area contributed by atoms with E-state index in [2.05, 4.69) is 4.98 Å². The van der Waals surface area contributed by atoms with Crippen LogP contribution in [0.25, 0.3) is 0 Å². The van der Waals surface area contributed by atoms with Crippen molar-refractivity contribution in [3.05, 3.63) is 53.6 Å². The van der Waals surface area contributed by atoms with Gasteiger partial charge in [0.1, 0.15) is 0 Å². The van der Waals surface area contributed by atoms with E-state index in [0.29, 0.717) is 0 Å². The predicted octanol–water partition coefficient (Wildman–Crippen LogP) is 1.35. The summed E-state index contributed by atoms with van der Waals surface area (Å²) in [4.78, 5) is 27.0. The SMILES string of the molecule is Cn1ccnc1C(=O)c1ccccc1C(=O)O. The summed E-state index contributed by atoms with van der Waals surface area (Å²) in [5, 5.41) is 9.00. The highest BCUT2D eigenvalue weighted by molar-refractivity contribution is 6.12. The smallest absolute Gasteiger partial charge is 0.336 e. The van der Waals surface area contributed by atoms with Crippen molar-refractivity contribution in [2.75, 3.05) is 0 Å². The van der Waals surface area contributed by atoms with Gasteiger partial charge in [-0.05, 0) is 6.07 Å². The maximum Gasteiger partial charge on any atom is 0.336 e. The maximum absolute atomic E-state index is 12.1. The lowest BCUT2D eigenvalue weighted by atomic mass is 10.0. The molecule has 0 unspecified atom stereocenters. The van der Waals surface area contributed by atoms with E-state index in [-0.39, 0.29) is 17.0 Å². The molecular weight excluding hydrogens is 220 g/mol. The Kier molecular flexibility index (Phi) is 2.74. The third kappa shape index (κ3) is 1.94. The number of hydrogen-bond donors (Lipinski definition) is 1. The van der Waals surface area contributed by atoms with E-state index in [0.717, 1.165) is 0 Å². The van der Waals surface area contributed by atoms with E-state index >= 15 is 0 Å². The summed E-state index contributed by atoms with van der Waals surface area (Å²) in [6.07, 6.45) is 3.13. The van der Waals surface area contributed by atoms with Gasteiger partial charge >= 0.3 is 5.97 Å². The third-order valence-electron chi connectivity index (χ3n) is 2.43. The zero-order valence-corrected chi connectivity index (χ0v) is 9.12. The molecule has 5 nitrogen and oxygen atoms in total. The first kappa shape index (κ1) is 11.1. The van der Waals surface area contributed by atoms with Crippen molar-refractivity contribution in [3.8, 4) is 0 Å². The van der Waals surface area contributed by atoms with E-state index in [9.17, 15) is 9.59 Å². The largest absolute Gasteiger partial charge is 0.478 e. The van der Waals surface area contributed by atoms with Crippen molar-refractivity contribution >= 4 is 11.8 Å². The number of carboxylic acid groups (broad SMARTS) is 1. The van der Waals surface area contributed by atoms with Gasteiger partial charge in [-0.2, -0.15) is 0 Å². The summed E-state index contributed by atoms with van der Waals surface area (Å²) < 4.78 is 1.56. The fraction of sp³-hybridized carbons (Fsp3) is 0.0833. The number of aromatic carboxylic acids is 1. The molecule has 0 saturated carbocycles. The average Bonchev–Trinajstić information content (AvgIpc) is 2.74. The van der Waals surface area contributed by atoms with E-state index in [4.69, 9.17) is 5.11 Å². The zero-order chi connectivity index (χ0) is 12.4. The van der Waals surface area contributed by atoms with Crippen molar-refractivity contribution in [2.45, 2.75) is 0 Å². The fourth-order valence-electron chi connectivity index (χ4n) is 1.57. The minimum absolute atomic E-state index is 0.0134.